The average molecular weight is 513 g/mol. The molecule has 13 heteroatoms. The Morgan fingerprint density at radius 1 is 1.08 bits per heavy atom. The summed E-state index contributed by atoms with van der Waals surface area (Å²) in [5.74, 6) is -7.57. The van der Waals surface area contributed by atoms with Crippen molar-refractivity contribution in [2.75, 3.05) is 19.7 Å². The molecule has 196 valence electrons. The van der Waals surface area contributed by atoms with Crippen LogP contribution in [0.5, 0.6) is 0 Å². The molecule has 2 N–H and O–H groups in total. The Morgan fingerprint density at radius 2 is 1.72 bits per heavy atom. The van der Waals surface area contributed by atoms with Crippen molar-refractivity contribution in [3.05, 3.63) is 47.3 Å². The third-order valence-electron chi connectivity index (χ3n) is 5.36. The van der Waals surface area contributed by atoms with Crippen LogP contribution in [0.1, 0.15) is 32.8 Å². The Bertz CT molecular complexity index is 1110. The van der Waals surface area contributed by atoms with Crippen LogP contribution in [0.25, 0.3) is 0 Å². The second-order valence-corrected chi connectivity index (χ2v) is 9.33. The number of amides is 2. The van der Waals surface area contributed by atoms with Crippen LogP contribution in [0.15, 0.2) is 24.3 Å². The second kappa shape index (κ2) is 10.3. The standard InChI is InChI=1S/C23H26F3N3O7/c1-22(2,3)34-12-23-21(33)29(36-20(32)5-4-19(31)35-23)7-6-28(23)18(30)10-14(27)8-13-9-16(25)17(26)11-15(13)24/h4-5,9,11,14H,6-8,10,12,27H2,1-3H3/b5-4-/t14-,23-/m1/s1. The lowest BCUT2D eigenvalue weighted by Crippen LogP contribution is -2.71. The van der Waals surface area contributed by atoms with Gasteiger partial charge in [0.2, 0.25) is 5.91 Å². The van der Waals surface area contributed by atoms with Gasteiger partial charge in [0.25, 0.3) is 5.72 Å². The van der Waals surface area contributed by atoms with E-state index >= 15 is 0 Å². The Balaban J connectivity index is 1.90. The minimum absolute atomic E-state index is 0.231. The zero-order chi connectivity index (χ0) is 26.8. The summed E-state index contributed by atoms with van der Waals surface area (Å²) in [5.41, 5.74) is 2.60. The number of esters is 1. The van der Waals surface area contributed by atoms with Crippen LogP contribution in [0, 0.1) is 17.5 Å². The van der Waals surface area contributed by atoms with Gasteiger partial charge < -0.3 is 20.0 Å². The molecule has 0 unspecified atom stereocenters. The van der Waals surface area contributed by atoms with E-state index in [1.807, 2.05) is 0 Å². The third-order valence-corrected chi connectivity index (χ3v) is 5.36. The van der Waals surface area contributed by atoms with E-state index in [9.17, 15) is 32.3 Å². The molecule has 0 radical (unpaired) electrons. The van der Waals surface area contributed by atoms with Crippen LogP contribution in [0.2, 0.25) is 0 Å². The highest BCUT2D eigenvalue weighted by molar-refractivity contribution is 5.98. The monoisotopic (exact) mass is 513 g/mol. The number of nitrogens with zero attached hydrogens (tertiary/aromatic N) is 2. The summed E-state index contributed by atoms with van der Waals surface area (Å²) >= 11 is 0. The SMILES string of the molecule is CC(C)(C)OC[C@]12OC(=O)/C=C\C(=O)ON(CCN1C(=O)C[C@H](N)Cc1cc(F)c(F)cc1F)C2=O. The summed E-state index contributed by atoms with van der Waals surface area (Å²) in [4.78, 5) is 56.9. The molecule has 2 atom stereocenters. The van der Waals surface area contributed by atoms with Crippen molar-refractivity contribution in [3.8, 4) is 0 Å². The summed E-state index contributed by atoms with van der Waals surface area (Å²) in [5, 5.41) is 0.678. The number of carbonyl (C=O) groups is 4. The highest BCUT2D eigenvalue weighted by Gasteiger charge is 2.57. The first-order valence-corrected chi connectivity index (χ1v) is 11.0. The fourth-order valence-electron chi connectivity index (χ4n) is 3.66. The molecular formula is C23H26F3N3O7. The molecule has 10 nitrogen and oxygen atoms in total. The first-order chi connectivity index (χ1) is 16.7. The van der Waals surface area contributed by atoms with Crippen molar-refractivity contribution in [1.29, 1.82) is 0 Å². The van der Waals surface area contributed by atoms with E-state index in [0.717, 1.165) is 17.1 Å². The first-order valence-electron chi connectivity index (χ1n) is 11.0. The molecule has 2 heterocycles. The maximum absolute atomic E-state index is 14.0. The van der Waals surface area contributed by atoms with Gasteiger partial charge >= 0.3 is 17.8 Å². The van der Waals surface area contributed by atoms with Crippen molar-refractivity contribution in [1.82, 2.24) is 9.96 Å². The Morgan fingerprint density at radius 3 is 2.39 bits per heavy atom. The van der Waals surface area contributed by atoms with Gasteiger partial charge in [-0.25, -0.2) is 22.8 Å². The van der Waals surface area contributed by atoms with Crippen LogP contribution in [0.3, 0.4) is 0 Å². The average Bonchev–Trinajstić information content (AvgIpc) is 2.79. The van der Waals surface area contributed by atoms with E-state index < -0.39 is 71.6 Å². The molecule has 0 saturated carbocycles. The summed E-state index contributed by atoms with van der Waals surface area (Å²) in [7, 11) is 0. The number of carbonyl (C=O) groups excluding carboxylic acids is 4. The summed E-state index contributed by atoms with van der Waals surface area (Å²) in [6.07, 6.45) is 0.716. The summed E-state index contributed by atoms with van der Waals surface area (Å²) in [6, 6.07) is -0.0476. The minimum atomic E-state index is -2.33. The quantitative estimate of drug-likeness (QED) is 0.443. The maximum Gasteiger partial charge on any atom is 0.356 e. The topological polar surface area (TPSA) is 128 Å². The van der Waals surface area contributed by atoms with E-state index in [0.29, 0.717) is 17.2 Å². The van der Waals surface area contributed by atoms with Crippen molar-refractivity contribution in [3.63, 3.8) is 0 Å². The smallest absolute Gasteiger partial charge is 0.356 e. The molecule has 2 amide bonds. The molecule has 2 aliphatic heterocycles. The number of hydroxylamine groups is 2. The highest BCUT2D eigenvalue weighted by Crippen LogP contribution is 2.30. The number of fused-ring (bicyclic) bond motifs is 2. The Labute approximate surface area is 204 Å². The molecule has 0 spiro atoms. The zero-order valence-electron chi connectivity index (χ0n) is 19.9. The fraction of sp³-hybridized carbons (Fsp3) is 0.478. The Kier molecular flexibility index (Phi) is 7.74. The van der Waals surface area contributed by atoms with E-state index in [4.69, 9.17) is 20.0 Å². The van der Waals surface area contributed by atoms with Crippen LogP contribution in [0.4, 0.5) is 13.2 Å². The Hall–Kier alpha value is -3.45. The van der Waals surface area contributed by atoms with Gasteiger partial charge in [-0.05, 0) is 38.8 Å². The van der Waals surface area contributed by atoms with Gasteiger partial charge in [-0.1, -0.05) is 0 Å². The molecular weight excluding hydrogens is 487 g/mol. The van der Waals surface area contributed by atoms with Crippen LogP contribution >= 0.6 is 0 Å². The largest absolute Gasteiger partial charge is 0.423 e. The molecule has 2 bridgehead atoms. The minimum Gasteiger partial charge on any atom is -0.423 e. The lowest BCUT2D eigenvalue weighted by Gasteiger charge is -2.47. The van der Waals surface area contributed by atoms with Crippen molar-refractivity contribution in [2.24, 2.45) is 5.73 Å². The van der Waals surface area contributed by atoms with Gasteiger partial charge in [0, 0.05) is 37.2 Å². The fourth-order valence-corrected chi connectivity index (χ4v) is 3.66. The van der Waals surface area contributed by atoms with Gasteiger partial charge in [0.15, 0.2) is 11.6 Å². The van der Waals surface area contributed by atoms with Gasteiger partial charge in [0.1, 0.15) is 12.4 Å². The molecule has 1 fully saturated rings. The van der Waals surface area contributed by atoms with E-state index in [-0.39, 0.29) is 25.1 Å². The highest BCUT2D eigenvalue weighted by atomic mass is 19.2. The normalized spacial score (nSPS) is 22.2. The van der Waals surface area contributed by atoms with E-state index in [1.165, 1.54) is 0 Å². The van der Waals surface area contributed by atoms with Gasteiger partial charge in [0.05, 0.1) is 12.1 Å². The lowest BCUT2D eigenvalue weighted by atomic mass is 10.0. The molecule has 36 heavy (non-hydrogen) atoms. The molecule has 1 aromatic carbocycles. The maximum atomic E-state index is 14.0. The predicted molar refractivity (Wildman–Crippen MR) is 116 cm³/mol. The molecule has 1 saturated heterocycles. The summed E-state index contributed by atoms with van der Waals surface area (Å²) in [6.45, 7) is 3.94. The predicted octanol–water partition coefficient (Wildman–Crippen LogP) is 1.12. The van der Waals surface area contributed by atoms with Crippen molar-refractivity contribution < 1.29 is 46.7 Å². The van der Waals surface area contributed by atoms with E-state index in [1.54, 1.807) is 20.8 Å². The van der Waals surface area contributed by atoms with Gasteiger partial charge in [-0.15, -0.1) is 0 Å². The van der Waals surface area contributed by atoms with Crippen LogP contribution in [-0.2, 0) is 39.9 Å². The van der Waals surface area contributed by atoms with Gasteiger partial charge in [-0.3, -0.25) is 14.5 Å². The number of halogens is 3. The number of hydrogen-bond acceptors (Lipinski definition) is 8. The van der Waals surface area contributed by atoms with Crippen molar-refractivity contribution >= 4 is 23.8 Å². The number of rotatable bonds is 6. The molecule has 2 aliphatic rings. The molecule has 3 rings (SSSR count). The lowest BCUT2D eigenvalue weighted by molar-refractivity contribution is -0.251. The van der Waals surface area contributed by atoms with Crippen LogP contribution < -0.4 is 5.73 Å². The van der Waals surface area contributed by atoms with Gasteiger partial charge in [-0.2, -0.15) is 5.06 Å². The molecule has 0 aromatic heterocycles. The van der Waals surface area contributed by atoms with E-state index in [2.05, 4.69) is 0 Å². The summed E-state index contributed by atoms with van der Waals surface area (Å²) < 4.78 is 51.9. The second-order valence-electron chi connectivity index (χ2n) is 9.33. The van der Waals surface area contributed by atoms with Crippen LogP contribution in [-0.4, -0.2) is 70.8 Å². The third kappa shape index (κ3) is 6.02. The number of hydrogen-bond donors (Lipinski definition) is 1. The number of ether oxygens (including phenoxy) is 2. The number of piperazine rings is 1. The number of benzene rings is 1. The molecule has 0 aliphatic carbocycles. The molecule has 1 aromatic rings. The zero-order valence-corrected chi connectivity index (χ0v) is 19.9. The number of nitrogens with two attached hydrogens (primary N) is 1. The first kappa shape index (κ1) is 27.1. The van der Waals surface area contributed by atoms with Crippen molar-refractivity contribution in [2.45, 2.75) is 51.0 Å².